The number of nitrogens with zero attached hydrogens (tertiary/aromatic N) is 6. The Balaban J connectivity index is 0.000000154. The molecule has 2 aliphatic rings. The second kappa shape index (κ2) is 11.7. The number of aromatic amines is 1. The van der Waals surface area contributed by atoms with Crippen LogP contribution in [-0.4, -0.2) is 51.2 Å². The number of aryl methyl sites for hydroxylation is 1. The van der Waals surface area contributed by atoms with Crippen molar-refractivity contribution in [2.45, 2.75) is 45.4 Å². The lowest BCUT2D eigenvalue weighted by Gasteiger charge is -2.16. The van der Waals surface area contributed by atoms with Crippen molar-refractivity contribution >= 4 is 23.2 Å². The zero-order valence-electron chi connectivity index (χ0n) is 28.6. The Morgan fingerprint density at radius 1 is 0.694 bits per heavy atom. The highest BCUT2D eigenvalue weighted by Crippen LogP contribution is 2.44. The van der Waals surface area contributed by atoms with Gasteiger partial charge in [-0.25, -0.2) is 0 Å². The van der Waals surface area contributed by atoms with E-state index in [4.69, 9.17) is 4.52 Å². The highest BCUT2D eigenvalue weighted by Gasteiger charge is 2.43. The fourth-order valence-corrected chi connectivity index (χ4v) is 6.67. The molecular formula is C39H37N7O3. The van der Waals surface area contributed by atoms with Crippen LogP contribution in [0.3, 0.4) is 0 Å². The van der Waals surface area contributed by atoms with Crippen molar-refractivity contribution in [3.8, 4) is 45.1 Å². The van der Waals surface area contributed by atoms with E-state index in [0.717, 1.165) is 67.5 Å². The van der Waals surface area contributed by atoms with Crippen molar-refractivity contribution in [1.82, 2.24) is 25.3 Å². The second-order valence-corrected chi connectivity index (χ2v) is 13.6. The van der Waals surface area contributed by atoms with E-state index in [0.29, 0.717) is 5.76 Å². The number of fused-ring (bicyclic) bond motifs is 2. The molecular weight excluding hydrogens is 614 g/mol. The summed E-state index contributed by atoms with van der Waals surface area (Å²) in [6.45, 7) is 9.78. The number of nitrogens with one attached hydrogen (secondary N) is 1. The lowest BCUT2D eigenvalue weighted by molar-refractivity contribution is -0.122. The molecule has 0 aliphatic carbocycles. The van der Waals surface area contributed by atoms with Gasteiger partial charge in [-0.15, -0.1) is 0 Å². The normalized spacial score (nSPS) is 15.6. The number of pyridine rings is 2. The molecule has 10 heteroatoms. The molecule has 0 saturated carbocycles. The minimum atomic E-state index is -0.496. The van der Waals surface area contributed by atoms with Gasteiger partial charge in [0, 0.05) is 78.1 Å². The van der Waals surface area contributed by atoms with Crippen LogP contribution >= 0.6 is 0 Å². The number of hydrogen-bond acceptors (Lipinski definition) is 7. The number of carbonyl (C=O) groups is 2. The summed E-state index contributed by atoms with van der Waals surface area (Å²) in [4.78, 5) is 36.6. The molecule has 10 nitrogen and oxygen atoms in total. The van der Waals surface area contributed by atoms with Gasteiger partial charge in [-0.05, 0) is 88.2 Å². The molecule has 246 valence electrons. The zero-order chi connectivity index (χ0) is 34.7. The summed E-state index contributed by atoms with van der Waals surface area (Å²) in [6, 6.07) is 23.8. The van der Waals surface area contributed by atoms with Gasteiger partial charge in [0.15, 0.2) is 5.76 Å². The summed E-state index contributed by atoms with van der Waals surface area (Å²) >= 11 is 0. The maximum Gasteiger partial charge on any atom is 0.236 e. The molecule has 2 aliphatic heterocycles. The fraction of sp³-hybridized carbons (Fsp3) is 0.231. The van der Waals surface area contributed by atoms with E-state index in [1.165, 1.54) is 0 Å². The average Bonchev–Trinajstić information content (AvgIpc) is 3.87. The maximum atomic E-state index is 12.4. The second-order valence-electron chi connectivity index (χ2n) is 13.6. The largest absolute Gasteiger partial charge is 0.356 e. The number of H-pyrrole nitrogens is 1. The average molecular weight is 652 g/mol. The molecule has 0 atom stereocenters. The smallest absolute Gasteiger partial charge is 0.236 e. The van der Waals surface area contributed by atoms with E-state index in [1.807, 2.05) is 122 Å². The van der Waals surface area contributed by atoms with Crippen molar-refractivity contribution in [2.24, 2.45) is 0 Å². The van der Waals surface area contributed by atoms with Gasteiger partial charge in [0.1, 0.15) is 5.69 Å². The van der Waals surface area contributed by atoms with Crippen LogP contribution in [0.25, 0.3) is 45.1 Å². The summed E-state index contributed by atoms with van der Waals surface area (Å²) in [6.07, 6.45) is 5.29. The van der Waals surface area contributed by atoms with Crippen LogP contribution < -0.4 is 9.80 Å². The summed E-state index contributed by atoms with van der Waals surface area (Å²) in [5.41, 5.74) is 10.3. The number of carbonyl (C=O) groups excluding carboxylic acids is 2. The van der Waals surface area contributed by atoms with Crippen molar-refractivity contribution in [3.05, 3.63) is 108 Å². The molecule has 49 heavy (non-hydrogen) atoms. The number of hydrogen-bond donors (Lipinski definition) is 1. The Hall–Kier alpha value is -5.90. The SMILES string of the molecule is CN1C(=O)C(C)(C)c2ccc(-c3cc(-c4cccnc4)n[nH]3)cc21.Cc1cc(-c2cc(-c3ccc4c(c3)N(C)C(=O)C4(C)C)on2)ccn1. The van der Waals surface area contributed by atoms with Gasteiger partial charge in [0.25, 0.3) is 0 Å². The highest BCUT2D eigenvalue weighted by atomic mass is 16.5. The first-order valence-electron chi connectivity index (χ1n) is 16.1. The highest BCUT2D eigenvalue weighted by molar-refractivity contribution is 6.08. The molecule has 8 rings (SSSR count). The summed E-state index contributed by atoms with van der Waals surface area (Å²) < 4.78 is 5.54. The molecule has 6 heterocycles. The van der Waals surface area contributed by atoms with Crippen LogP contribution in [0, 0.1) is 6.92 Å². The van der Waals surface area contributed by atoms with Crippen molar-refractivity contribution < 1.29 is 14.1 Å². The zero-order valence-corrected chi connectivity index (χ0v) is 28.6. The number of anilines is 2. The molecule has 0 saturated heterocycles. The van der Waals surface area contributed by atoms with Gasteiger partial charge in [0.05, 0.1) is 22.2 Å². The number of rotatable bonds is 4. The van der Waals surface area contributed by atoms with Crippen molar-refractivity contribution in [1.29, 1.82) is 0 Å². The van der Waals surface area contributed by atoms with Gasteiger partial charge < -0.3 is 14.3 Å². The fourth-order valence-electron chi connectivity index (χ4n) is 6.67. The molecule has 1 N–H and O–H groups in total. The molecule has 6 aromatic rings. The molecule has 2 amide bonds. The summed E-state index contributed by atoms with van der Waals surface area (Å²) in [7, 11) is 3.64. The lowest BCUT2D eigenvalue weighted by Crippen LogP contribution is -2.33. The Kier molecular flexibility index (Phi) is 7.54. The van der Waals surface area contributed by atoms with Crippen molar-refractivity contribution in [3.63, 3.8) is 0 Å². The topological polar surface area (TPSA) is 121 Å². The molecule has 2 aromatic carbocycles. The van der Waals surface area contributed by atoms with Crippen LogP contribution in [0.1, 0.15) is 44.5 Å². The maximum absolute atomic E-state index is 12.4. The molecule has 0 fully saturated rings. The van der Waals surface area contributed by atoms with E-state index < -0.39 is 10.8 Å². The predicted octanol–water partition coefficient (Wildman–Crippen LogP) is 7.36. The van der Waals surface area contributed by atoms with Crippen LogP contribution in [0.15, 0.2) is 95.9 Å². The third kappa shape index (κ3) is 5.39. The lowest BCUT2D eigenvalue weighted by atomic mass is 9.85. The Labute approximate surface area is 284 Å². The molecule has 0 unspecified atom stereocenters. The summed E-state index contributed by atoms with van der Waals surface area (Å²) in [5.74, 6) is 0.901. The quantitative estimate of drug-likeness (QED) is 0.211. The number of benzene rings is 2. The summed E-state index contributed by atoms with van der Waals surface area (Å²) in [5, 5.41) is 11.6. The first-order chi connectivity index (χ1) is 23.4. The number of likely N-dealkylation sites (N-methyl/N-ethyl adjacent to an activating group) is 2. The Morgan fingerprint density at radius 3 is 1.98 bits per heavy atom. The predicted molar refractivity (Wildman–Crippen MR) is 190 cm³/mol. The van der Waals surface area contributed by atoms with Crippen LogP contribution in [0.2, 0.25) is 0 Å². The van der Waals surface area contributed by atoms with Gasteiger partial charge in [-0.1, -0.05) is 29.4 Å². The van der Waals surface area contributed by atoms with Crippen LogP contribution in [-0.2, 0) is 20.4 Å². The van der Waals surface area contributed by atoms with Gasteiger partial charge in [0.2, 0.25) is 11.8 Å². The van der Waals surface area contributed by atoms with Gasteiger partial charge in [-0.2, -0.15) is 5.10 Å². The third-order valence-corrected chi connectivity index (χ3v) is 9.58. The van der Waals surface area contributed by atoms with Crippen LogP contribution in [0.4, 0.5) is 11.4 Å². The van der Waals surface area contributed by atoms with Gasteiger partial charge in [-0.3, -0.25) is 24.7 Å². The van der Waals surface area contributed by atoms with Crippen molar-refractivity contribution in [2.75, 3.05) is 23.9 Å². The molecule has 4 aromatic heterocycles. The van der Waals surface area contributed by atoms with E-state index in [-0.39, 0.29) is 11.8 Å². The van der Waals surface area contributed by atoms with Crippen LogP contribution in [0.5, 0.6) is 0 Å². The third-order valence-electron chi connectivity index (χ3n) is 9.58. The molecule has 0 spiro atoms. The number of amides is 2. The minimum Gasteiger partial charge on any atom is -0.356 e. The van der Waals surface area contributed by atoms with E-state index in [9.17, 15) is 9.59 Å². The monoisotopic (exact) mass is 651 g/mol. The van der Waals surface area contributed by atoms with E-state index in [2.05, 4.69) is 25.3 Å². The van der Waals surface area contributed by atoms with E-state index in [1.54, 1.807) is 28.4 Å². The van der Waals surface area contributed by atoms with E-state index >= 15 is 0 Å². The standard InChI is InChI=1S/C20H19N3O2.C19H18N4O/c1-12-9-13(7-8-21-12)16-11-18(25-22-16)14-5-6-15-17(10-14)23(4)19(24)20(15,2)3;1-19(2)14-7-6-12(9-17(14)23(3)18(19)24)15-10-16(22-21-15)13-5-4-8-20-11-13/h5-11H,1-4H3;4-11H,1-3H3,(H,21,22). The first-order valence-corrected chi connectivity index (χ1v) is 16.1. The molecule has 0 bridgehead atoms. The Bertz CT molecular complexity index is 2230. The molecule has 0 radical (unpaired) electrons. The first kappa shape index (κ1) is 31.7. The minimum absolute atomic E-state index is 0.102. The Morgan fingerprint density at radius 2 is 1.35 bits per heavy atom. The number of aromatic nitrogens is 5. The van der Waals surface area contributed by atoms with Gasteiger partial charge >= 0.3 is 0 Å².